The number of aromatic nitrogens is 2. The minimum absolute atomic E-state index is 0.0442. The van der Waals surface area contributed by atoms with Gasteiger partial charge in [-0.15, -0.1) is 0 Å². The number of pyridine rings is 1. The highest BCUT2D eigenvalue weighted by atomic mass is 16.2. The predicted molar refractivity (Wildman–Crippen MR) is 75.3 cm³/mol. The fraction of sp³-hybridized carbons (Fsp3) is 0.0667. The third-order valence-electron chi connectivity index (χ3n) is 3.16. The van der Waals surface area contributed by atoms with E-state index in [4.69, 9.17) is 0 Å². The second kappa shape index (κ2) is 4.57. The van der Waals surface area contributed by atoms with Crippen molar-refractivity contribution in [3.05, 3.63) is 60.6 Å². The predicted octanol–water partition coefficient (Wildman–Crippen LogP) is 2.84. The number of carbonyl (C=O) groups is 1. The maximum absolute atomic E-state index is 12.3. The molecular formula is C15H13N3O. The molecule has 1 aromatic carbocycles. The second-order valence-electron chi connectivity index (χ2n) is 4.35. The molecule has 2 heterocycles. The van der Waals surface area contributed by atoms with Crippen molar-refractivity contribution in [1.82, 2.24) is 9.97 Å². The van der Waals surface area contributed by atoms with Gasteiger partial charge >= 0.3 is 0 Å². The fourth-order valence-corrected chi connectivity index (χ4v) is 2.05. The molecule has 0 fully saturated rings. The Morgan fingerprint density at radius 2 is 1.95 bits per heavy atom. The molecule has 1 N–H and O–H groups in total. The van der Waals surface area contributed by atoms with Crippen molar-refractivity contribution in [3.63, 3.8) is 0 Å². The molecule has 0 spiro atoms. The van der Waals surface area contributed by atoms with Gasteiger partial charge in [0, 0.05) is 47.8 Å². The lowest BCUT2D eigenvalue weighted by Crippen LogP contribution is -2.26. The number of nitrogens with one attached hydrogen (secondary N) is 1. The molecule has 3 aromatic rings. The average Bonchev–Trinajstić information content (AvgIpc) is 2.94. The van der Waals surface area contributed by atoms with Crippen LogP contribution in [0.4, 0.5) is 5.69 Å². The van der Waals surface area contributed by atoms with Crippen LogP contribution in [-0.2, 0) is 0 Å². The van der Waals surface area contributed by atoms with Gasteiger partial charge in [-0.1, -0.05) is 0 Å². The summed E-state index contributed by atoms with van der Waals surface area (Å²) in [6.07, 6.45) is 5.13. The van der Waals surface area contributed by atoms with E-state index in [1.54, 1.807) is 36.5 Å². The van der Waals surface area contributed by atoms with E-state index < -0.39 is 0 Å². The lowest BCUT2D eigenvalue weighted by molar-refractivity contribution is 0.0993. The summed E-state index contributed by atoms with van der Waals surface area (Å²) in [5, 5.41) is 1.09. The monoisotopic (exact) mass is 251 g/mol. The first-order valence-electron chi connectivity index (χ1n) is 6.01. The highest BCUT2D eigenvalue weighted by molar-refractivity contribution is 6.06. The Morgan fingerprint density at radius 1 is 1.16 bits per heavy atom. The first kappa shape index (κ1) is 11.5. The summed E-state index contributed by atoms with van der Waals surface area (Å²) in [7, 11) is 1.77. The lowest BCUT2D eigenvalue weighted by Gasteiger charge is -2.17. The third kappa shape index (κ3) is 2.08. The number of aromatic amines is 1. The van der Waals surface area contributed by atoms with E-state index in [1.165, 1.54) is 0 Å². The Bertz CT molecular complexity index is 718. The molecule has 94 valence electrons. The van der Waals surface area contributed by atoms with Crippen LogP contribution in [0.3, 0.4) is 0 Å². The van der Waals surface area contributed by atoms with Crippen LogP contribution in [0, 0.1) is 0 Å². The fourth-order valence-electron chi connectivity index (χ4n) is 2.05. The van der Waals surface area contributed by atoms with Crippen molar-refractivity contribution >= 4 is 22.5 Å². The minimum Gasteiger partial charge on any atom is -0.361 e. The Balaban J connectivity index is 1.94. The van der Waals surface area contributed by atoms with E-state index in [0.717, 1.165) is 16.6 Å². The van der Waals surface area contributed by atoms with Gasteiger partial charge in [0.25, 0.3) is 5.91 Å². The second-order valence-corrected chi connectivity index (χ2v) is 4.35. The molecule has 0 atom stereocenters. The smallest absolute Gasteiger partial charge is 0.258 e. The molecule has 19 heavy (non-hydrogen) atoms. The Morgan fingerprint density at radius 3 is 2.74 bits per heavy atom. The Labute approximate surface area is 110 Å². The summed E-state index contributed by atoms with van der Waals surface area (Å²) in [6.45, 7) is 0. The molecule has 0 aliphatic heterocycles. The first-order valence-corrected chi connectivity index (χ1v) is 6.01. The number of anilines is 1. The van der Waals surface area contributed by atoms with Gasteiger partial charge in [0.1, 0.15) is 0 Å². The van der Waals surface area contributed by atoms with Crippen molar-refractivity contribution < 1.29 is 4.79 Å². The molecule has 0 aliphatic carbocycles. The van der Waals surface area contributed by atoms with Gasteiger partial charge < -0.3 is 9.88 Å². The Hall–Kier alpha value is -2.62. The molecule has 0 saturated heterocycles. The van der Waals surface area contributed by atoms with Crippen LogP contribution in [0.1, 0.15) is 10.4 Å². The van der Waals surface area contributed by atoms with Gasteiger partial charge in [-0.3, -0.25) is 9.78 Å². The molecule has 0 bridgehead atoms. The summed E-state index contributed by atoms with van der Waals surface area (Å²) < 4.78 is 0. The highest BCUT2D eigenvalue weighted by Crippen LogP contribution is 2.21. The van der Waals surface area contributed by atoms with Crippen molar-refractivity contribution in [2.45, 2.75) is 0 Å². The van der Waals surface area contributed by atoms with Gasteiger partial charge in [-0.25, -0.2) is 0 Å². The van der Waals surface area contributed by atoms with Crippen LogP contribution in [0.25, 0.3) is 10.9 Å². The number of nitrogens with zero attached hydrogens (tertiary/aromatic N) is 2. The minimum atomic E-state index is -0.0442. The molecule has 3 rings (SSSR count). The third-order valence-corrected chi connectivity index (χ3v) is 3.16. The first-order chi connectivity index (χ1) is 9.25. The van der Waals surface area contributed by atoms with Crippen LogP contribution in [0.5, 0.6) is 0 Å². The van der Waals surface area contributed by atoms with Crippen molar-refractivity contribution in [1.29, 1.82) is 0 Å². The number of hydrogen-bond acceptors (Lipinski definition) is 2. The van der Waals surface area contributed by atoms with Gasteiger partial charge in [0.15, 0.2) is 0 Å². The maximum Gasteiger partial charge on any atom is 0.258 e. The average molecular weight is 251 g/mol. The lowest BCUT2D eigenvalue weighted by atomic mass is 10.2. The summed E-state index contributed by atoms with van der Waals surface area (Å²) >= 11 is 0. The zero-order valence-electron chi connectivity index (χ0n) is 10.5. The summed E-state index contributed by atoms with van der Waals surface area (Å²) in [6, 6.07) is 11.3. The largest absolute Gasteiger partial charge is 0.361 e. The molecule has 0 aliphatic rings. The van der Waals surface area contributed by atoms with Crippen LogP contribution >= 0.6 is 0 Å². The van der Waals surface area contributed by atoms with Crippen LogP contribution in [-0.4, -0.2) is 22.9 Å². The van der Waals surface area contributed by atoms with Crippen molar-refractivity contribution in [2.75, 3.05) is 11.9 Å². The number of H-pyrrole nitrogens is 1. The van der Waals surface area contributed by atoms with Crippen LogP contribution < -0.4 is 4.90 Å². The van der Waals surface area contributed by atoms with E-state index in [2.05, 4.69) is 9.97 Å². The van der Waals surface area contributed by atoms with Gasteiger partial charge in [0.05, 0.1) is 0 Å². The number of fused-ring (bicyclic) bond motifs is 1. The normalized spacial score (nSPS) is 10.6. The summed E-state index contributed by atoms with van der Waals surface area (Å²) in [5.41, 5.74) is 2.56. The van der Waals surface area contributed by atoms with Gasteiger partial charge in [0.2, 0.25) is 0 Å². The summed E-state index contributed by atoms with van der Waals surface area (Å²) in [5.74, 6) is -0.0442. The molecule has 0 unspecified atom stereocenters. The van der Waals surface area contributed by atoms with E-state index >= 15 is 0 Å². The molecule has 0 radical (unpaired) electrons. The topological polar surface area (TPSA) is 49.0 Å². The summed E-state index contributed by atoms with van der Waals surface area (Å²) in [4.78, 5) is 21.0. The number of benzene rings is 1. The van der Waals surface area contributed by atoms with E-state index in [9.17, 15) is 4.79 Å². The molecule has 4 heteroatoms. The number of hydrogen-bond donors (Lipinski definition) is 1. The number of rotatable bonds is 2. The Kier molecular flexibility index (Phi) is 2.76. The molecule has 2 aromatic heterocycles. The van der Waals surface area contributed by atoms with Gasteiger partial charge in [-0.05, 0) is 36.4 Å². The van der Waals surface area contributed by atoms with E-state index in [1.807, 2.05) is 30.5 Å². The van der Waals surface area contributed by atoms with Crippen molar-refractivity contribution in [2.24, 2.45) is 0 Å². The zero-order chi connectivity index (χ0) is 13.2. The number of amides is 1. The number of carbonyl (C=O) groups excluding carboxylic acids is 1. The molecular weight excluding hydrogens is 238 g/mol. The quantitative estimate of drug-likeness (QED) is 0.761. The molecule has 1 amide bonds. The molecule has 0 saturated carbocycles. The zero-order valence-corrected chi connectivity index (χ0v) is 10.5. The molecule has 4 nitrogen and oxygen atoms in total. The standard InChI is InChI=1S/C15H13N3O/c1-18(15(19)11-4-7-16-8-5-11)13-2-3-14-12(10-13)6-9-17-14/h2-10,17H,1H3. The van der Waals surface area contributed by atoms with E-state index in [0.29, 0.717) is 5.56 Å². The maximum atomic E-state index is 12.3. The highest BCUT2D eigenvalue weighted by Gasteiger charge is 2.13. The van der Waals surface area contributed by atoms with Gasteiger partial charge in [-0.2, -0.15) is 0 Å². The van der Waals surface area contributed by atoms with E-state index in [-0.39, 0.29) is 5.91 Å². The van der Waals surface area contributed by atoms with Crippen LogP contribution in [0.2, 0.25) is 0 Å². The van der Waals surface area contributed by atoms with Crippen LogP contribution in [0.15, 0.2) is 55.0 Å². The SMILES string of the molecule is CN(C(=O)c1ccncc1)c1ccc2[nH]ccc2c1. The van der Waals surface area contributed by atoms with Crippen molar-refractivity contribution in [3.8, 4) is 0 Å².